The van der Waals surface area contributed by atoms with Crippen LogP contribution in [0.2, 0.25) is 0 Å². The van der Waals surface area contributed by atoms with Crippen molar-refractivity contribution < 1.29 is 9.18 Å². The first-order valence-corrected chi connectivity index (χ1v) is 5.30. The summed E-state index contributed by atoms with van der Waals surface area (Å²) in [5, 5.41) is 8.89. The summed E-state index contributed by atoms with van der Waals surface area (Å²) in [6, 6.07) is 9.92. The van der Waals surface area contributed by atoms with Gasteiger partial charge in [-0.3, -0.25) is 4.79 Å². The average molecular weight is 219 g/mol. The van der Waals surface area contributed by atoms with Crippen molar-refractivity contribution in [2.45, 2.75) is 31.9 Å². The molecule has 84 valence electrons. The zero-order valence-electron chi connectivity index (χ0n) is 9.24. The predicted octanol–water partition coefficient (Wildman–Crippen LogP) is 3.13. The number of hydrogen-bond acceptors (Lipinski definition) is 2. The van der Waals surface area contributed by atoms with E-state index < -0.39 is 5.67 Å². The number of hydrogen-bond donors (Lipinski definition) is 0. The number of benzene rings is 1. The Kier molecular flexibility index (Phi) is 4.19. The van der Waals surface area contributed by atoms with Crippen molar-refractivity contribution in [2.24, 2.45) is 0 Å². The van der Waals surface area contributed by atoms with Gasteiger partial charge in [0.2, 0.25) is 5.67 Å². The quantitative estimate of drug-likeness (QED) is 0.763. The van der Waals surface area contributed by atoms with E-state index in [0.717, 1.165) is 0 Å². The number of nitriles is 1. The molecule has 0 heterocycles. The zero-order chi connectivity index (χ0) is 12.0. The first-order chi connectivity index (χ1) is 7.62. The molecular weight excluding hydrogens is 205 g/mol. The Morgan fingerprint density at radius 1 is 1.44 bits per heavy atom. The second-order valence-corrected chi connectivity index (χ2v) is 3.67. The molecule has 1 rings (SSSR count). The van der Waals surface area contributed by atoms with Crippen LogP contribution in [0.25, 0.3) is 0 Å². The fraction of sp³-hybridized carbons (Fsp3) is 0.385. The van der Waals surface area contributed by atoms with E-state index in [1.165, 1.54) is 0 Å². The number of Topliss-reactive ketones (excluding diaryl/α,β-unsaturated/α-hetero) is 1. The van der Waals surface area contributed by atoms with Crippen molar-refractivity contribution in [1.82, 2.24) is 0 Å². The number of carbonyl (C=O) groups excluding carboxylic acids is 1. The van der Waals surface area contributed by atoms with Crippen LogP contribution in [0.5, 0.6) is 0 Å². The highest BCUT2D eigenvalue weighted by molar-refractivity contribution is 5.78. The molecule has 16 heavy (non-hydrogen) atoms. The Hall–Kier alpha value is -1.69. The van der Waals surface area contributed by atoms with E-state index in [0.29, 0.717) is 12.0 Å². The molecule has 0 aliphatic rings. The maximum atomic E-state index is 14.2. The average Bonchev–Trinajstić information content (AvgIpc) is 2.36. The summed E-state index contributed by atoms with van der Waals surface area (Å²) >= 11 is 0. The van der Waals surface area contributed by atoms with Crippen LogP contribution in [0.1, 0.15) is 31.7 Å². The number of nitrogens with zero attached hydrogens (tertiary/aromatic N) is 1. The third kappa shape index (κ3) is 2.90. The maximum absolute atomic E-state index is 14.2. The Labute approximate surface area is 94.7 Å². The van der Waals surface area contributed by atoms with E-state index in [1.807, 2.05) is 0 Å². The molecule has 3 heteroatoms. The lowest BCUT2D eigenvalue weighted by Gasteiger charge is -2.17. The summed E-state index contributed by atoms with van der Waals surface area (Å²) in [6.45, 7) is 1.73. The van der Waals surface area contributed by atoms with E-state index in [9.17, 15) is 9.18 Å². The minimum absolute atomic E-state index is 0.0202. The Morgan fingerprint density at radius 3 is 2.56 bits per heavy atom. The van der Waals surface area contributed by atoms with Crippen molar-refractivity contribution in [3.63, 3.8) is 0 Å². The van der Waals surface area contributed by atoms with Gasteiger partial charge in [-0.1, -0.05) is 37.3 Å². The van der Waals surface area contributed by atoms with Gasteiger partial charge in [0.1, 0.15) is 11.9 Å². The molecule has 1 atom stereocenters. The van der Waals surface area contributed by atoms with Gasteiger partial charge in [0.15, 0.2) is 0 Å². The third-order valence-corrected chi connectivity index (χ3v) is 2.55. The van der Waals surface area contributed by atoms with Crippen molar-refractivity contribution in [3.8, 4) is 6.07 Å². The molecule has 0 aliphatic heterocycles. The standard InChI is InChI=1S/C13H14FNO/c1-2-12(16)8-9-13(14,10-15)11-6-4-3-5-7-11/h3-7H,2,8-9H2,1H3. The van der Waals surface area contributed by atoms with E-state index in [4.69, 9.17) is 5.26 Å². The van der Waals surface area contributed by atoms with Crippen LogP contribution >= 0.6 is 0 Å². The van der Waals surface area contributed by atoms with Crippen molar-refractivity contribution >= 4 is 5.78 Å². The lowest BCUT2D eigenvalue weighted by atomic mass is 9.91. The molecule has 0 aromatic heterocycles. The lowest BCUT2D eigenvalue weighted by Crippen LogP contribution is -2.19. The molecule has 0 N–H and O–H groups in total. The lowest BCUT2D eigenvalue weighted by molar-refractivity contribution is -0.119. The Balaban J connectivity index is 2.80. The molecule has 0 aliphatic carbocycles. The highest BCUT2D eigenvalue weighted by atomic mass is 19.1. The van der Waals surface area contributed by atoms with Crippen LogP contribution in [0.3, 0.4) is 0 Å². The molecule has 1 aromatic rings. The van der Waals surface area contributed by atoms with Crippen molar-refractivity contribution in [1.29, 1.82) is 5.26 Å². The van der Waals surface area contributed by atoms with Gasteiger partial charge in [0.25, 0.3) is 0 Å². The normalized spacial score (nSPS) is 13.8. The fourth-order valence-electron chi connectivity index (χ4n) is 1.46. The molecule has 1 unspecified atom stereocenters. The molecule has 0 bridgehead atoms. The van der Waals surface area contributed by atoms with E-state index in [2.05, 4.69) is 0 Å². The minimum atomic E-state index is -2.05. The van der Waals surface area contributed by atoms with Crippen molar-refractivity contribution in [3.05, 3.63) is 35.9 Å². The number of alkyl halides is 1. The van der Waals surface area contributed by atoms with Crippen LogP contribution < -0.4 is 0 Å². The van der Waals surface area contributed by atoms with Crippen LogP contribution in [0.15, 0.2) is 30.3 Å². The van der Waals surface area contributed by atoms with Gasteiger partial charge in [0, 0.05) is 24.8 Å². The van der Waals surface area contributed by atoms with Crippen LogP contribution in [0.4, 0.5) is 4.39 Å². The number of carbonyl (C=O) groups is 1. The van der Waals surface area contributed by atoms with Gasteiger partial charge >= 0.3 is 0 Å². The Bertz CT molecular complexity index is 396. The molecule has 0 spiro atoms. The second kappa shape index (κ2) is 5.41. The van der Waals surface area contributed by atoms with Gasteiger partial charge in [0.05, 0.1) is 0 Å². The van der Waals surface area contributed by atoms with Gasteiger partial charge in [-0.2, -0.15) is 5.26 Å². The van der Waals surface area contributed by atoms with E-state index in [1.54, 1.807) is 43.3 Å². The minimum Gasteiger partial charge on any atom is -0.300 e. The van der Waals surface area contributed by atoms with Gasteiger partial charge in [-0.05, 0) is 0 Å². The summed E-state index contributed by atoms with van der Waals surface area (Å²) in [7, 11) is 0. The maximum Gasteiger partial charge on any atom is 0.221 e. The van der Waals surface area contributed by atoms with Crippen LogP contribution in [0, 0.1) is 11.3 Å². The molecule has 0 fully saturated rings. The SMILES string of the molecule is CCC(=O)CCC(F)(C#N)c1ccccc1. The molecular formula is C13H14FNO. The summed E-state index contributed by atoms with van der Waals surface area (Å²) < 4.78 is 14.2. The summed E-state index contributed by atoms with van der Waals surface area (Å²) in [5.41, 5.74) is -1.73. The highest BCUT2D eigenvalue weighted by Crippen LogP contribution is 2.30. The predicted molar refractivity (Wildman–Crippen MR) is 59.4 cm³/mol. The molecule has 1 aromatic carbocycles. The summed E-state index contributed by atoms with van der Waals surface area (Å²) in [5.74, 6) is -0.0202. The topological polar surface area (TPSA) is 40.9 Å². The third-order valence-electron chi connectivity index (χ3n) is 2.55. The van der Waals surface area contributed by atoms with Gasteiger partial charge in [-0.15, -0.1) is 0 Å². The number of rotatable bonds is 5. The number of ketones is 1. The molecule has 0 amide bonds. The molecule has 0 saturated heterocycles. The fourth-order valence-corrected chi connectivity index (χ4v) is 1.46. The van der Waals surface area contributed by atoms with E-state index in [-0.39, 0.29) is 18.6 Å². The van der Waals surface area contributed by atoms with Crippen LogP contribution in [-0.4, -0.2) is 5.78 Å². The Morgan fingerprint density at radius 2 is 2.06 bits per heavy atom. The van der Waals surface area contributed by atoms with Gasteiger partial charge in [-0.25, -0.2) is 4.39 Å². The summed E-state index contributed by atoms with van der Waals surface area (Å²) in [6.07, 6.45) is 0.423. The largest absolute Gasteiger partial charge is 0.300 e. The molecule has 0 radical (unpaired) electrons. The van der Waals surface area contributed by atoms with Gasteiger partial charge < -0.3 is 0 Å². The highest BCUT2D eigenvalue weighted by Gasteiger charge is 2.31. The monoisotopic (exact) mass is 219 g/mol. The summed E-state index contributed by atoms with van der Waals surface area (Å²) in [4.78, 5) is 11.1. The van der Waals surface area contributed by atoms with Crippen LogP contribution in [-0.2, 0) is 10.5 Å². The first kappa shape index (κ1) is 12.4. The van der Waals surface area contributed by atoms with E-state index >= 15 is 0 Å². The first-order valence-electron chi connectivity index (χ1n) is 5.30. The molecule has 2 nitrogen and oxygen atoms in total. The second-order valence-electron chi connectivity index (χ2n) is 3.67. The zero-order valence-corrected chi connectivity index (χ0v) is 9.24. The van der Waals surface area contributed by atoms with Crippen molar-refractivity contribution in [2.75, 3.05) is 0 Å². The number of halogens is 1. The smallest absolute Gasteiger partial charge is 0.221 e. The molecule has 0 saturated carbocycles.